The lowest BCUT2D eigenvalue weighted by molar-refractivity contribution is 0.209. The third-order valence-corrected chi connectivity index (χ3v) is 2.93. The normalized spacial score (nSPS) is 12.3. The van der Waals surface area contributed by atoms with Crippen molar-refractivity contribution in [3.63, 3.8) is 0 Å². The summed E-state index contributed by atoms with van der Waals surface area (Å²) >= 11 is 0. The molecule has 0 saturated carbocycles. The van der Waals surface area contributed by atoms with Gasteiger partial charge in [0, 0.05) is 11.1 Å². The summed E-state index contributed by atoms with van der Waals surface area (Å²) < 4.78 is 32.0. The molecule has 2 aromatic rings. The number of aliphatic hydroxyl groups excluding tert-OH is 1. The maximum absolute atomic E-state index is 13.7. The largest absolute Gasteiger partial charge is 0.496 e. The average molecular weight is 264 g/mol. The number of aliphatic hydroxyl groups is 1. The van der Waals surface area contributed by atoms with E-state index in [9.17, 15) is 13.9 Å². The Labute approximate surface area is 110 Å². The molecule has 0 aromatic heterocycles. The van der Waals surface area contributed by atoms with E-state index < -0.39 is 17.7 Å². The molecule has 0 radical (unpaired) electrons. The van der Waals surface area contributed by atoms with Crippen LogP contribution in [0.1, 0.15) is 22.8 Å². The zero-order valence-corrected chi connectivity index (χ0v) is 10.7. The van der Waals surface area contributed by atoms with Gasteiger partial charge in [-0.1, -0.05) is 11.6 Å². The van der Waals surface area contributed by atoms with E-state index in [1.165, 1.54) is 7.11 Å². The molecule has 1 unspecified atom stereocenters. The van der Waals surface area contributed by atoms with Gasteiger partial charge in [0.05, 0.1) is 7.11 Å². The minimum absolute atomic E-state index is 0.107. The van der Waals surface area contributed by atoms with Gasteiger partial charge in [-0.05, 0) is 37.3 Å². The molecule has 0 amide bonds. The highest BCUT2D eigenvalue weighted by Crippen LogP contribution is 2.32. The molecule has 0 aliphatic carbocycles. The van der Waals surface area contributed by atoms with Crippen molar-refractivity contribution in [2.24, 2.45) is 0 Å². The fraction of sp³-hybridized carbons (Fsp3) is 0.200. The Hall–Kier alpha value is -1.94. The Morgan fingerprint density at radius 1 is 1.05 bits per heavy atom. The molecule has 0 heterocycles. The maximum Gasteiger partial charge on any atom is 0.129 e. The summed E-state index contributed by atoms with van der Waals surface area (Å²) in [6.07, 6.45) is -1.27. The van der Waals surface area contributed by atoms with Crippen LogP contribution in [0.4, 0.5) is 8.78 Å². The molecule has 0 spiro atoms. The van der Waals surface area contributed by atoms with Crippen molar-refractivity contribution in [2.75, 3.05) is 7.11 Å². The molecule has 2 rings (SSSR count). The second-order valence-corrected chi connectivity index (χ2v) is 4.31. The van der Waals surface area contributed by atoms with Crippen molar-refractivity contribution in [2.45, 2.75) is 13.0 Å². The van der Waals surface area contributed by atoms with Crippen molar-refractivity contribution in [1.82, 2.24) is 0 Å². The number of hydrogen-bond acceptors (Lipinski definition) is 2. The van der Waals surface area contributed by atoms with Gasteiger partial charge in [-0.2, -0.15) is 0 Å². The van der Waals surface area contributed by atoms with Crippen molar-refractivity contribution in [3.05, 3.63) is 64.7 Å². The summed E-state index contributed by atoms with van der Waals surface area (Å²) in [4.78, 5) is 0. The monoisotopic (exact) mass is 264 g/mol. The molecule has 1 atom stereocenters. The van der Waals surface area contributed by atoms with Gasteiger partial charge in [0.2, 0.25) is 0 Å². The summed E-state index contributed by atoms with van der Waals surface area (Å²) in [6, 6.07) is 8.19. The summed E-state index contributed by atoms with van der Waals surface area (Å²) in [7, 11) is 1.46. The first-order chi connectivity index (χ1) is 9.02. The molecule has 4 heteroatoms. The Bertz CT molecular complexity index is 597. The topological polar surface area (TPSA) is 29.5 Å². The Balaban J connectivity index is 2.51. The van der Waals surface area contributed by atoms with Crippen molar-refractivity contribution in [3.8, 4) is 5.75 Å². The van der Waals surface area contributed by atoms with Gasteiger partial charge in [0.25, 0.3) is 0 Å². The number of aryl methyl sites for hydroxylation is 1. The lowest BCUT2D eigenvalue weighted by Gasteiger charge is -2.16. The summed E-state index contributed by atoms with van der Waals surface area (Å²) in [5.41, 5.74) is 1.20. The van der Waals surface area contributed by atoms with E-state index in [4.69, 9.17) is 4.74 Å². The molecule has 2 nitrogen and oxygen atoms in total. The number of methoxy groups -OCH3 is 1. The van der Waals surface area contributed by atoms with E-state index in [2.05, 4.69) is 0 Å². The molecule has 0 fully saturated rings. The van der Waals surface area contributed by atoms with E-state index >= 15 is 0 Å². The van der Waals surface area contributed by atoms with Crippen LogP contribution in [0.2, 0.25) is 0 Å². The minimum Gasteiger partial charge on any atom is -0.496 e. The van der Waals surface area contributed by atoms with Crippen LogP contribution in [-0.4, -0.2) is 12.2 Å². The first kappa shape index (κ1) is 13.5. The van der Waals surface area contributed by atoms with Gasteiger partial charge in [-0.3, -0.25) is 0 Å². The number of hydrogen-bond donors (Lipinski definition) is 1. The van der Waals surface area contributed by atoms with Gasteiger partial charge in [-0.25, -0.2) is 8.78 Å². The zero-order valence-electron chi connectivity index (χ0n) is 10.7. The second-order valence-electron chi connectivity index (χ2n) is 4.31. The maximum atomic E-state index is 13.7. The molecule has 0 saturated heterocycles. The number of benzene rings is 2. The molecule has 19 heavy (non-hydrogen) atoms. The summed E-state index contributed by atoms with van der Waals surface area (Å²) in [5, 5.41) is 10.2. The van der Waals surface area contributed by atoms with Gasteiger partial charge < -0.3 is 9.84 Å². The van der Waals surface area contributed by atoms with Gasteiger partial charge in [-0.15, -0.1) is 0 Å². The lowest BCUT2D eigenvalue weighted by atomic mass is 9.98. The van der Waals surface area contributed by atoms with Gasteiger partial charge in [0.1, 0.15) is 23.5 Å². The number of rotatable bonds is 3. The van der Waals surface area contributed by atoms with Crippen LogP contribution in [0.25, 0.3) is 0 Å². The van der Waals surface area contributed by atoms with E-state index in [0.717, 1.165) is 23.8 Å². The smallest absolute Gasteiger partial charge is 0.129 e. The Morgan fingerprint density at radius 3 is 2.47 bits per heavy atom. The quantitative estimate of drug-likeness (QED) is 0.921. The molecule has 0 aliphatic rings. The van der Waals surface area contributed by atoms with Crippen LogP contribution in [0, 0.1) is 18.6 Å². The van der Waals surface area contributed by atoms with E-state index in [0.29, 0.717) is 11.3 Å². The van der Waals surface area contributed by atoms with Crippen LogP contribution in [0.15, 0.2) is 36.4 Å². The van der Waals surface area contributed by atoms with E-state index in [1.807, 2.05) is 13.0 Å². The molecule has 1 N–H and O–H groups in total. The van der Waals surface area contributed by atoms with Crippen molar-refractivity contribution >= 4 is 0 Å². The molecular formula is C15H14F2O2. The second kappa shape index (κ2) is 5.36. The molecule has 0 bridgehead atoms. The van der Waals surface area contributed by atoms with Crippen LogP contribution in [-0.2, 0) is 0 Å². The third kappa shape index (κ3) is 2.74. The fourth-order valence-corrected chi connectivity index (χ4v) is 1.96. The SMILES string of the molecule is COc1ccc(C)cc1C(O)c1cc(F)ccc1F. The van der Waals surface area contributed by atoms with Crippen LogP contribution >= 0.6 is 0 Å². The molecule has 0 aliphatic heterocycles. The highest BCUT2D eigenvalue weighted by Gasteiger charge is 2.19. The lowest BCUT2D eigenvalue weighted by Crippen LogP contribution is -2.05. The van der Waals surface area contributed by atoms with Gasteiger partial charge >= 0.3 is 0 Å². The Morgan fingerprint density at radius 2 is 1.79 bits per heavy atom. The number of ether oxygens (including phenoxy) is 1. The van der Waals surface area contributed by atoms with Crippen molar-refractivity contribution < 1.29 is 18.6 Å². The Kier molecular flexibility index (Phi) is 3.81. The van der Waals surface area contributed by atoms with Crippen LogP contribution in [0.3, 0.4) is 0 Å². The summed E-state index contributed by atoms with van der Waals surface area (Å²) in [5.74, 6) is -0.818. The van der Waals surface area contributed by atoms with Crippen molar-refractivity contribution in [1.29, 1.82) is 0 Å². The van der Waals surface area contributed by atoms with Crippen LogP contribution in [0.5, 0.6) is 5.75 Å². The van der Waals surface area contributed by atoms with Crippen LogP contribution < -0.4 is 4.74 Å². The predicted octanol–water partition coefficient (Wildman–Crippen LogP) is 3.36. The molecule has 2 aromatic carbocycles. The highest BCUT2D eigenvalue weighted by atomic mass is 19.1. The van der Waals surface area contributed by atoms with E-state index in [1.54, 1.807) is 12.1 Å². The van der Waals surface area contributed by atoms with Gasteiger partial charge in [0.15, 0.2) is 0 Å². The molecule has 100 valence electrons. The average Bonchev–Trinajstić information content (AvgIpc) is 2.40. The standard InChI is InChI=1S/C15H14F2O2/c1-9-3-6-14(19-2)12(7-9)15(18)11-8-10(16)4-5-13(11)17/h3-8,15,18H,1-2H3. The predicted molar refractivity (Wildman–Crippen MR) is 68.2 cm³/mol. The zero-order chi connectivity index (χ0) is 14.0. The summed E-state index contributed by atoms with van der Waals surface area (Å²) in [6.45, 7) is 1.84. The first-order valence-electron chi connectivity index (χ1n) is 5.80. The molecular weight excluding hydrogens is 250 g/mol. The van der Waals surface area contributed by atoms with E-state index in [-0.39, 0.29) is 5.56 Å². The first-order valence-corrected chi connectivity index (χ1v) is 5.80. The fourth-order valence-electron chi connectivity index (χ4n) is 1.96. The highest BCUT2D eigenvalue weighted by molar-refractivity contribution is 5.43. The third-order valence-electron chi connectivity index (χ3n) is 2.93. The minimum atomic E-state index is -1.27. The number of halogens is 2.